The number of fused-ring (bicyclic) bond motifs is 1. The van der Waals surface area contributed by atoms with Crippen molar-refractivity contribution in [3.8, 4) is 0 Å². The maximum Gasteiger partial charge on any atom is 0.336 e. The van der Waals surface area contributed by atoms with Gasteiger partial charge in [-0.25, -0.2) is 4.79 Å². The van der Waals surface area contributed by atoms with E-state index in [1.54, 1.807) is 25.1 Å². The van der Waals surface area contributed by atoms with Crippen molar-refractivity contribution in [1.29, 1.82) is 0 Å². The maximum absolute atomic E-state index is 12.7. The van der Waals surface area contributed by atoms with E-state index in [0.29, 0.717) is 43.4 Å². The lowest BCUT2D eigenvalue weighted by Crippen LogP contribution is -2.42. The lowest BCUT2D eigenvalue weighted by molar-refractivity contribution is -0.138. The summed E-state index contributed by atoms with van der Waals surface area (Å²) in [5, 5.41) is 14.7. The molecule has 0 bridgehead atoms. The molecular weight excluding hydrogens is 416 g/mol. The molecule has 3 N–H and O–H groups in total. The Morgan fingerprint density at radius 1 is 1.03 bits per heavy atom. The molecule has 9 nitrogen and oxygen atoms in total. The molecule has 9 heteroatoms. The van der Waals surface area contributed by atoms with Crippen molar-refractivity contribution in [2.24, 2.45) is 0 Å². The van der Waals surface area contributed by atoms with Gasteiger partial charge in [0.25, 0.3) is 0 Å². The Bertz CT molecular complexity index is 1060. The van der Waals surface area contributed by atoms with E-state index in [9.17, 15) is 24.0 Å². The van der Waals surface area contributed by atoms with Gasteiger partial charge in [0.1, 0.15) is 17.4 Å². The van der Waals surface area contributed by atoms with Crippen LogP contribution >= 0.6 is 0 Å². The number of ketones is 1. The topological polar surface area (TPSA) is 143 Å². The van der Waals surface area contributed by atoms with E-state index in [0.717, 1.165) is 10.9 Å². The number of aliphatic carboxylic acids is 1. The first kappa shape index (κ1) is 24.8. The lowest BCUT2D eigenvalue weighted by atomic mass is 10.0. The van der Waals surface area contributed by atoms with Crippen LogP contribution in [0.5, 0.6) is 0 Å². The zero-order valence-corrected chi connectivity index (χ0v) is 18.2. The third-order valence-corrected chi connectivity index (χ3v) is 4.98. The Labute approximate surface area is 185 Å². The minimum Gasteiger partial charge on any atom is -0.481 e. The van der Waals surface area contributed by atoms with Gasteiger partial charge in [0.15, 0.2) is 0 Å². The van der Waals surface area contributed by atoms with Crippen molar-refractivity contribution in [2.75, 3.05) is 5.32 Å². The number of carboxylic acids is 1. The number of aryl methyl sites for hydroxylation is 1. The van der Waals surface area contributed by atoms with Gasteiger partial charge in [0, 0.05) is 43.0 Å². The van der Waals surface area contributed by atoms with Gasteiger partial charge in [-0.3, -0.25) is 19.2 Å². The number of hydrogen-bond acceptors (Lipinski definition) is 6. The summed E-state index contributed by atoms with van der Waals surface area (Å²) in [4.78, 5) is 58.0. The lowest BCUT2D eigenvalue weighted by Gasteiger charge is -2.18. The Hall–Kier alpha value is -3.49. The predicted octanol–water partition coefficient (Wildman–Crippen LogP) is 2.93. The SMILES string of the molecule is CC(=O)N[C@@H](CCCCCC(=O)CCC(=O)O)C(=O)Nc1ccc2c(C)cc(=O)oc2c1. The van der Waals surface area contributed by atoms with Gasteiger partial charge in [-0.1, -0.05) is 12.8 Å². The molecule has 172 valence electrons. The molecule has 0 fully saturated rings. The van der Waals surface area contributed by atoms with E-state index in [1.165, 1.54) is 13.0 Å². The summed E-state index contributed by atoms with van der Waals surface area (Å²) in [7, 11) is 0. The molecule has 1 heterocycles. The molecule has 0 saturated carbocycles. The van der Waals surface area contributed by atoms with Crippen LogP contribution in [-0.4, -0.2) is 34.7 Å². The monoisotopic (exact) mass is 444 g/mol. The molecule has 0 spiro atoms. The Morgan fingerprint density at radius 2 is 1.78 bits per heavy atom. The van der Waals surface area contributed by atoms with Crippen LogP contribution in [-0.2, 0) is 19.2 Å². The van der Waals surface area contributed by atoms with Crippen molar-refractivity contribution in [3.63, 3.8) is 0 Å². The van der Waals surface area contributed by atoms with Crippen molar-refractivity contribution >= 4 is 40.2 Å². The van der Waals surface area contributed by atoms with Gasteiger partial charge < -0.3 is 20.2 Å². The van der Waals surface area contributed by atoms with Gasteiger partial charge >= 0.3 is 11.6 Å². The molecular formula is C23H28N2O7. The quantitative estimate of drug-likeness (QED) is 0.337. The number of hydrogen-bond donors (Lipinski definition) is 3. The standard InChI is InChI=1S/C23H28N2O7/c1-14-12-22(30)32-20-13-16(8-10-18(14)20)25-23(31)19(24-15(2)26)7-5-3-4-6-17(27)9-11-21(28)29/h8,10,12-13,19H,3-7,9,11H2,1-2H3,(H,24,26)(H,25,31)(H,28,29)/t19-/m0/s1. The summed E-state index contributed by atoms with van der Waals surface area (Å²) in [5.41, 5.74) is 1.09. The molecule has 2 amide bonds. The second-order valence-corrected chi connectivity index (χ2v) is 7.73. The average Bonchev–Trinajstić information content (AvgIpc) is 2.70. The highest BCUT2D eigenvalue weighted by Crippen LogP contribution is 2.21. The molecule has 0 radical (unpaired) electrons. The first-order valence-corrected chi connectivity index (χ1v) is 10.5. The van der Waals surface area contributed by atoms with Gasteiger partial charge in [0.2, 0.25) is 11.8 Å². The molecule has 0 unspecified atom stereocenters. The number of nitrogens with one attached hydrogen (secondary N) is 2. The fourth-order valence-electron chi connectivity index (χ4n) is 3.36. The second-order valence-electron chi connectivity index (χ2n) is 7.73. The Morgan fingerprint density at radius 3 is 2.47 bits per heavy atom. The summed E-state index contributed by atoms with van der Waals surface area (Å²) in [6.45, 7) is 3.12. The van der Waals surface area contributed by atoms with Crippen molar-refractivity contribution < 1.29 is 28.7 Å². The molecule has 2 rings (SSSR count). The van der Waals surface area contributed by atoms with Crippen LogP contribution in [0.3, 0.4) is 0 Å². The molecule has 0 aliphatic heterocycles. The first-order valence-electron chi connectivity index (χ1n) is 10.5. The number of carboxylic acid groups (broad SMARTS) is 1. The van der Waals surface area contributed by atoms with Crippen molar-refractivity contribution in [3.05, 3.63) is 40.2 Å². The highest BCUT2D eigenvalue weighted by Gasteiger charge is 2.19. The van der Waals surface area contributed by atoms with Crippen LogP contribution in [0.2, 0.25) is 0 Å². The maximum atomic E-state index is 12.7. The minimum atomic E-state index is -0.994. The smallest absolute Gasteiger partial charge is 0.336 e. The highest BCUT2D eigenvalue weighted by molar-refractivity contribution is 5.98. The van der Waals surface area contributed by atoms with Gasteiger partial charge in [-0.2, -0.15) is 0 Å². The fourth-order valence-corrected chi connectivity index (χ4v) is 3.36. The molecule has 1 aromatic carbocycles. The molecule has 1 aromatic heterocycles. The predicted molar refractivity (Wildman–Crippen MR) is 118 cm³/mol. The van der Waals surface area contributed by atoms with Crippen LogP contribution in [0, 0.1) is 6.92 Å². The van der Waals surface area contributed by atoms with Crippen LogP contribution in [0.15, 0.2) is 33.5 Å². The van der Waals surface area contributed by atoms with Crippen molar-refractivity contribution in [2.45, 2.75) is 64.8 Å². The third-order valence-electron chi connectivity index (χ3n) is 4.98. The number of anilines is 1. The van der Waals surface area contributed by atoms with Crippen LogP contribution in [0.25, 0.3) is 11.0 Å². The molecule has 0 saturated heterocycles. The summed E-state index contributed by atoms with van der Waals surface area (Å²) in [6, 6.07) is 5.65. The average molecular weight is 444 g/mol. The summed E-state index contributed by atoms with van der Waals surface area (Å²) >= 11 is 0. The number of rotatable bonds is 12. The van der Waals surface area contributed by atoms with Crippen LogP contribution < -0.4 is 16.3 Å². The van der Waals surface area contributed by atoms with Crippen LogP contribution in [0.1, 0.15) is 57.4 Å². The molecule has 0 aliphatic rings. The number of amides is 2. The van der Waals surface area contributed by atoms with E-state index in [-0.39, 0.29) is 24.5 Å². The van der Waals surface area contributed by atoms with E-state index >= 15 is 0 Å². The number of benzene rings is 1. The molecule has 1 atom stereocenters. The van der Waals surface area contributed by atoms with Gasteiger partial charge in [0.05, 0.1) is 6.42 Å². The van der Waals surface area contributed by atoms with Gasteiger partial charge in [-0.05, 0) is 37.5 Å². The number of unbranched alkanes of at least 4 members (excludes halogenated alkanes) is 2. The number of carbonyl (C=O) groups excluding carboxylic acids is 3. The number of Topliss-reactive ketones (excluding diaryl/α,β-unsaturated/α-hetero) is 1. The Kier molecular flexibility index (Phi) is 9.12. The van der Waals surface area contributed by atoms with E-state index in [2.05, 4.69) is 10.6 Å². The summed E-state index contributed by atoms with van der Waals surface area (Å²) in [5.74, 6) is -1.82. The second kappa shape index (κ2) is 11.8. The molecule has 32 heavy (non-hydrogen) atoms. The zero-order chi connectivity index (χ0) is 23.7. The number of carbonyl (C=O) groups is 4. The van der Waals surface area contributed by atoms with Crippen LogP contribution in [0.4, 0.5) is 5.69 Å². The zero-order valence-electron chi connectivity index (χ0n) is 18.2. The van der Waals surface area contributed by atoms with Crippen molar-refractivity contribution in [1.82, 2.24) is 5.32 Å². The molecule has 2 aromatic rings. The normalized spacial score (nSPS) is 11.7. The third kappa shape index (κ3) is 7.98. The minimum absolute atomic E-state index is 0.0255. The first-order chi connectivity index (χ1) is 15.2. The van der Waals surface area contributed by atoms with E-state index < -0.39 is 23.5 Å². The molecule has 0 aliphatic carbocycles. The van der Waals surface area contributed by atoms with Gasteiger partial charge in [-0.15, -0.1) is 0 Å². The highest BCUT2D eigenvalue weighted by atomic mass is 16.4. The Balaban J connectivity index is 1.91. The summed E-state index contributed by atoms with van der Waals surface area (Å²) < 4.78 is 5.19. The van der Waals surface area contributed by atoms with E-state index in [1.807, 2.05) is 0 Å². The largest absolute Gasteiger partial charge is 0.481 e. The fraction of sp³-hybridized carbons (Fsp3) is 0.435. The summed E-state index contributed by atoms with van der Waals surface area (Å²) in [6.07, 6.45) is 2.41. The van der Waals surface area contributed by atoms with E-state index in [4.69, 9.17) is 9.52 Å².